The highest BCUT2D eigenvalue weighted by Gasteiger charge is 2.30. The summed E-state index contributed by atoms with van der Waals surface area (Å²) < 4.78 is 64.3. The number of carbonyl (C=O) groups is 1. The van der Waals surface area contributed by atoms with E-state index >= 15 is 0 Å². The molecule has 1 fully saturated rings. The highest BCUT2D eigenvalue weighted by atomic mass is 32.2. The maximum absolute atomic E-state index is 12.6. The van der Waals surface area contributed by atoms with Gasteiger partial charge in [-0.05, 0) is 36.2 Å². The van der Waals surface area contributed by atoms with E-state index in [1.807, 2.05) is 6.92 Å². The Bertz CT molecular complexity index is 1060. The second-order valence-corrected chi connectivity index (χ2v) is 9.20. The largest absolute Gasteiger partial charge is 0.416 e. The zero-order chi connectivity index (χ0) is 22.6. The van der Waals surface area contributed by atoms with Gasteiger partial charge in [-0.1, -0.05) is 24.3 Å². The SMILES string of the molecule is Cc1ccncc1C(=O)N1CCN(S(=O)(=O)CC=Cc2ccc(C(F)(F)F)cc2)CC1. The third-order valence-corrected chi connectivity index (χ3v) is 6.81. The van der Waals surface area contributed by atoms with Gasteiger partial charge >= 0.3 is 6.18 Å². The molecule has 2 heterocycles. The Kier molecular flexibility index (Phi) is 6.80. The monoisotopic (exact) mass is 453 g/mol. The molecule has 0 unspecified atom stereocenters. The first-order valence-corrected chi connectivity index (χ1v) is 11.2. The zero-order valence-electron chi connectivity index (χ0n) is 16.8. The molecule has 2 aromatic rings. The first-order chi connectivity index (χ1) is 14.6. The number of piperazine rings is 1. The Balaban J connectivity index is 1.56. The average molecular weight is 453 g/mol. The first-order valence-electron chi connectivity index (χ1n) is 9.59. The Hall–Kier alpha value is -2.72. The number of benzene rings is 1. The molecule has 0 bridgehead atoms. The maximum Gasteiger partial charge on any atom is 0.416 e. The number of amides is 1. The van der Waals surface area contributed by atoms with Crippen molar-refractivity contribution in [3.05, 3.63) is 71.1 Å². The van der Waals surface area contributed by atoms with Gasteiger partial charge in [0.15, 0.2) is 0 Å². The van der Waals surface area contributed by atoms with Crippen molar-refractivity contribution in [3.63, 3.8) is 0 Å². The Morgan fingerprint density at radius 2 is 1.74 bits per heavy atom. The number of hydrogen-bond donors (Lipinski definition) is 0. The van der Waals surface area contributed by atoms with Crippen LogP contribution in [0.25, 0.3) is 6.08 Å². The number of hydrogen-bond acceptors (Lipinski definition) is 4. The van der Waals surface area contributed by atoms with Crippen LogP contribution >= 0.6 is 0 Å². The van der Waals surface area contributed by atoms with Crippen LogP contribution in [-0.2, 0) is 16.2 Å². The van der Waals surface area contributed by atoms with E-state index in [2.05, 4.69) is 4.98 Å². The summed E-state index contributed by atoms with van der Waals surface area (Å²) in [5, 5.41) is 0. The number of halogens is 3. The lowest BCUT2D eigenvalue weighted by Gasteiger charge is -2.34. The van der Waals surface area contributed by atoms with Gasteiger partial charge < -0.3 is 4.90 Å². The summed E-state index contributed by atoms with van der Waals surface area (Å²) in [6.45, 7) is 2.73. The second-order valence-electron chi connectivity index (χ2n) is 7.18. The molecule has 0 spiro atoms. The van der Waals surface area contributed by atoms with Crippen LogP contribution < -0.4 is 0 Å². The topological polar surface area (TPSA) is 70.6 Å². The lowest BCUT2D eigenvalue weighted by molar-refractivity contribution is -0.137. The minimum Gasteiger partial charge on any atom is -0.336 e. The van der Waals surface area contributed by atoms with E-state index in [-0.39, 0.29) is 37.8 Å². The number of aromatic nitrogens is 1. The van der Waals surface area contributed by atoms with Crippen molar-refractivity contribution in [2.75, 3.05) is 31.9 Å². The highest BCUT2D eigenvalue weighted by Crippen LogP contribution is 2.29. The first kappa shape index (κ1) is 23.0. The van der Waals surface area contributed by atoms with Gasteiger partial charge in [0.1, 0.15) is 0 Å². The molecule has 0 atom stereocenters. The van der Waals surface area contributed by atoms with Crippen LogP contribution in [0.1, 0.15) is 27.0 Å². The van der Waals surface area contributed by atoms with Crippen LogP contribution in [0.2, 0.25) is 0 Å². The van der Waals surface area contributed by atoms with Crippen molar-refractivity contribution in [2.24, 2.45) is 0 Å². The van der Waals surface area contributed by atoms with Crippen molar-refractivity contribution in [3.8, 4) is 0 Å². The zero-order valence-corrected chi connectivity index (χ0v) is 17.7. The molecule has 1 aromatic carbocycles. The summed E-state index contributed by atoms with van der Waals surface area (Å²) in [4.78, 5) is 18.2. The van der Waals surface area contributed by atoms with Gasteiger partial charge in [0.05, 0.1) is 16.9 Å². The van der Waals surface area contributed by atoms with Gasteiger partial charge in [0.2, 0.25) is 10.0 Å². The minimum absolute atomic E-state index is 0.176. The van der Waals surface area contributed by atoms with Crippen molar-refractivity contribution in [2.45, 2.75) is 13.1 Å². The third-order valence-electron chi connectivity index (χ3n) is 5.04. The summed E-state index contributed by atoms with van der Waals surface area (Å²) in [5.74, 6) is -0.450. The minimum atomic E-state index is -4.41. The molecule has 1 amide bonds. The Morgan fingerprint density at radius 1 is 1.10 bits per heavy atom. The Morgan fingerprint density at radius 3 is 2.32 bits per heavy atom. The molecule has 6 nitrogen and oxygen atoms in total. The number of carbonyl (C=O) groups excluding carboxylic acids is 1. The van der Waals surface area contributed by atoms with E-state index < -0.39 is 21.8 Å². The fourth-order valence-corrected chi connectivity index (χ4v) is 4.49. The van der Waals surface area contributed by atoms with Gasteiger partial charge in [-0.2, -0.15) is 17.5 Å². The van der Waals surface area contributed by atoms with Crippen molar-refractivity contribution in [1.29, 1.82) is 0 Å². The molecule has 31 heavy (non-hydrogen) atoms. The lowest BCUT2D eigenvalue weighted by atomic mass is 10.1. The smallest absolute Gasteiger partial charge is 0.336 e. The number of pyridine rings is 1. The molecule has 0 N–H and O–H groups in total. The van der Waals surface area contributed by atoms with Crippen molar-refractivity contribution in [1.82, 2.24) is 14.2 Å². The highest BCUT2D eigenvalue weighted by molar-refractivity contribution is 7.89. The molecule has 1 aromatic heterocycles. The Labute approximate surface area is 179 Å². The number of nitrogens with zero attached hydrogens (tertiary/aromatic N) is 3. The number of sulfonamides is 1. The third kappa shape index (κ3) is 5.71. The van der Waals surface area contributed by atoms with Crippen LogP contribution in [0, 0.1) is 6.92 Å². The van der Waals surface area contributed by atoms with Crippen LogP contribution in [0.4, 0.5) is 13.2 Å². The van der Waals surface area contributed by atoms with Crippen LogP contribution in [0.5, 0.6) is 0 Å². The molecule has 166 valence electrons. The van der Waals surface area contributed by atoms with E-state index in [0.717, 1.165) is 17.7 Å². The van der Waals surface area contributed by atoms with E-state index in [0.29, 0.717) is 11.1 Å². The fourth-order valence-electron chi connectivity index (χ4n) is 3.22. The van der Waals surface area contributed by atoms with Gasteiger partial charge in [0, 0.05) is 38.6 Å². The lowest BCUT2D eigenvalue weighted by Crippen LogP contribution is -2.51. The van der Waals surface area contributed by atoms with Gasteiger partial charge in [0.25, 0.3) is 5.91 Å². The molecule has 0 aliphatic carbocycles. The second kappa shape index (κ2) is 9.19. The molecule has 10 heteroatoms. The number of alkyl halides is 3. The van der Waals surface area contributed by atoms with E-state index in [1.54, 1.807) is 17.2 Å². The number of rotatable bonds is 5. The molecule has 1 aliphatic heterocycles. The van der Waals surface area contributed by atoms with Crippen LogP contribution in [0.15, 0.2) is 48.8 Å². The molecular weight excluding hydrogens is 431 g/mol. The van der Waals surface area contributed by atoms with Crippen molar-refractivity contribution >= 4 is 22.0 Å². The summed E-state index contributed by atoms with van der Waals surface area (Å²) in [5.41, 5.74) is 1.03. The average Bonchev–Trinajstić information content (AvgIpc) is 2.73. The molecular formula is C21H22F3N3O3S. The van der Waals surface area contributed by atoms with Crippen LogP contribution in [0.3, 0.4) is 0 Å². The van der Waals surface area contributed by atoms with E-state index in [1.165, 1.54) is 34.8 Å². The predicted molar refractivity (Wildman–Crippen MR) is 111 cm³/mol. The van der Waals surface area contributed by atoms with Crippen molar-refractivity contribution < 1.29 is 26.4 Å². The number of aryl methyl sites for hydroxylation is 1. The maximum atomic E-state index is 12.6. The summed E-state index contributed by atoms with van der Waals surface area (Å²) >= 11 is 0. The van der Waals surface area contributed by atoms with Gasteiger partial charge in [-0.25, -0.2) is 8.42 Å². The van der Waals surface area contributed by atoms with Crippen LogP contribution in [-0.4, -0.2) is 60.4 Å². The molecule has 0 radical (unpaired) electrons. The van der Waals surface area contributed by atoms with E-state index in [9.17, 15) is 26.4 Å². The quantitative estimate of drug-likeness (QED) is 0.697. The predicted octanol–water partition coefficient (Wildman–Crippen LogP) is 3.21. The van der Waals surface area contributed by atoms with Gasteiger partial charge in [-0.15, -0.1) is 0 Å². The summed E-state index contributed by atoms with van der Waals surface area (Å²) in [7, 11) is -3.59. The fraction of sp³-hybridized carbons (Fsp3) is 0.333. The molecule has 1 saturated heterocycles. The molecule has 1 aliphatic rings. The standard InChI is InChI=1S/C21H22F3N3O3S/c1-16-8-9-25-15-19(16)20(28)26-10-12-27(13-11-26)31(29,30)14-2-3-17-4-6-18(7-5-17)21(22,23)24/h2-9,15H,10-14H2,1H3. The van der Waals surface area contributed by atoms with E-state index in [4.69, 9.17) is 0 Å². The molecule has 3 rings (SSSR count). The van der Waals surface area contributed by atoms with Gasteiger partial charge in [-0.3, -0.25) is 9.78 Å². The molecule has 0 saturated carbocycles. The summed E-state index contributed by atoms with van der Waals surface area (Å²) in [6.07, 6.45) is 1.59. The normalized spacial score (nSPS) is 16.1. The summed E-state index contributed by atoms with van der Waals surface area (Å²) in [6, 6.07) is 6.23.